The minimum Gasteiger partial charge on any atom is -0.399 e. The fraction of sp³-hybridized carbons (Fsp3) is 0.500. The summed E-state index contributed by atoms with van der Waals surface area (Å²) in [5.41, 5.74) is 6.17. The van der Waals surface area contributed by atoms with Crippen LogP contribution in [0.4, 0.5) is 5.69 Å². The molecule has 1 heterocycles. The summed E-state index contributed by atoms with van der Waals surface area (Å²) in [5, 5.41) is 0. The van der Waals surface area contributed by atoms with Crippen molar-refractivity contribution in [3.8, 4) is 0 Å². The number of halogens is 2. The number of nitrogen functional groups attached to an aromatic ring is 1. The van der Waals surface area contributed by atoms with Gasteiger partial charge in [0.1, 0.15) is 4.90 Å². The number of nitrogens with two attached hydrogens (primary N) is 1. The van der Waals surface area contributed by atoms with Crippen LogP contribution in [0.5, 0.6) is 0 Å². The summed E-state index contributed by atoms with van der Waals surface area (Å²) in [5.74, 6) is 0. The van der Waals surface area contributed by atoms with Gasteiger partial charge in [0.15, 0.2) is 0 Å². The molecule has 9 heteroatoms. The van der Waals surface area contributed by atoms with Crippen LogP contribution in [0.15, 0.2) is 26.0 Å². The molecule has 2 atom stereocenters. The number of nitrogens with zero attached hydrogens (tertiary/aromatic N) is 1. The maximum absolute atomic E-state index is 12.8. The van der Waals surface area contributed by atoms with E-state index in [1.165, 1.54) is 4.31 Å². The molecule has 2 N–H and O–H groups in total. The Morgan fingerprint density at radius 1 is 1.14 bits per heavy atom. The third-order valence-corrected chi connectivity index (χ3v) is 7.12. The van der Waals surface area contributed by atoms with Crippen molar-refractivity contribution < 1.29 is 17.9 Å². The molecule has 0 amide bonds. The number of sulfonamides is 1. The number of hydrogen-bond acceptors (Lipinski definition) is 5. The van der Waals surface area contributed by atoms with E-state index in [2.05, 4.69) is 31.9 Å². The van der Waals surface area contributed by atoms with Crippen LogP contribution in [0.3, 0.4) is 0 Å². The summed E-state index contributed by atoms with van der Waals surface area (Å²) in [6, 6.07) is 3.13. The summed E-state index contributed by atoms with van der Waals surface area (Å²) in [4.78, 5) is 0.156. The molecule has 118 valence electrons. The Balaban J connectivity index is 2.40. The average Bonchev–Trinajstić information content (AvgIpc) is 2.80. The summed E-state index contributed by atoms with van der Waals surface area (Å²) in [6.07, 6.45) is -0.563. The van der Waals surface area contributed by atoms with Crippen LogP contribution < -0.4 is 5.73 Å². The predicted octanol–water partition coefficient (Wildman–Crippen LogP) is 1.83. The lowest BCUT2D eigenvalue weighted by Gasteiger charge is -2.18. The van der Waals surface area contributed by atoms with Crippen LogP contribution in [0.2, 0.25) is 0 Å². The Morgan fingerprint density at radius 3 is 1.95 bits per heavy atom. The van der Waals surface area contributed by atoms with Gasteiger partial charge in [-0.25, -0.2) is 8.42 Å². The zero-order valence-corrected chi connectivity index (χ0v) is 15.5. The van der Waals surface area contributed by atoms with Crippen molar-refractivity contribution in [1.29, 1.82) is 0 Å². The minimum atomic E-state index is -3.68. The Bertz CT molecular complexity index is 603. The highest BCUT2D eigenvalue weighted by molar-refractivity contribution is 9.11. The number of anilines is 1. The minimum absolute atomic E-state index is 0.156. The lowest BCUT2D eigenvalue weighted by Crippen LogP contribution is -2.30. The number of ether oxygens (including phenoxy) is 2. The molecule has 1 aliphatic heterocycles. The summed E-state index contributed by atoms with van der Waals surface area (Å²) < 4.78 is 38.4. The quantitative estimate of drug-likeness (QED) is 0.717. The predicted molar refractivity (Wildman–Crippen MR) is 86.6 cm³/mol. The highest BCUT2D eigenvalue weighted by Gasteiger charge is 2.41. The van der Waals surface area contributed by atoms with Crippen LogP contribution in [0.25, 0.3) is 0 Å². The smallest absolute Gasteiger partial charge is 0.245 e. The Morgan fingerprint density at radius 2 is 1.57 bits per heavy atom. The molecule has 2 unspecified atom stereocenters. The second-order valence-corrected chi connectivity index (χ2v) is 8.27. The zero-order chi connectivity index (χ0) is 15.8. The first-order chi connectivity index (χ1) is 9.81. The lowest BCUT2D eigenvalue weighted by atomic mass is 10.3. The van der Waals surface area contributed by atoms with Gasteiger partial charge in [0.2, 0.25) is 10.0 Å². The largest absolute Gasteiger partial charge is 0.399 e. The van der Waals surface area contributed by atoms with Crippen molar-refractivity contribution in [3.05, 3.63) is 21.1 Å². The molecule has 1 aromatic carbocycles. The van der Waals surface area contributed by atoms with Gasteiger partial charge in [-0.2, -0.15) is 4.31 Å². The van der Waals surface area contributed by atoms with Crippen molar-refractivity contribution >= 4 is 47.6 Å². The van der Waals surface area contributed by atoms with Crippen LogP contribution in [-0.2, 0) is 19.5 Å². The number of hydrogen-bond donors (Lipinski definition) is 1. The standard InChI is InChI=1S/C12H16Br2N2O4S/c1-19-10-5-16(6-11(10)20-2)21(17,18)12-8(13)3-7(15)4-9(12)14/h3-4,10-11H,5-6,15H2,1-2H3. The van der Waals surface area contributed by atoms with Crippen LogP contribution >= 0.6 is 31.9 Å². The highest BCUT2D eigenvalue weighted by atomic mass is 79.9. The summed E-state index contributed by atoms with van der Waals surface area (Å²) in [7, 11) is -0.592. The average molecular weight is 444 g/mol. The Kier molecular flexibility index (Phi) is 5.32. The van der Waals surface area contributed by atoms with Gasteiger partial charge in [-0.05, 0) is 44.0 Å². The first-order valence-electron chi connectivity index (χ1n) is 6.11. The van der Waals surface area contributed by atoms with Crippen molar-refractivity contribution in [2.24, 2.45) is 0 Å². The third-order valence-electron chi connectivity index (χ3n) is 3.41. The van der Waals surface area contributed by atoms with Gasteiger partial charge in [0, 0.05) is 41.9 Å². The number of methoxy groups -OCH3 is 2. The van der Waals surface area contributed by atoms with E-state index in [0.29, 0.717) is 14.6 Å². The maximum Gasteiger partial charge on any atom is 0.245 e. The Labute approximate surface area is 140 Å². The molecule has 1 saturated heterocycles. The molecule has 0 radical (unpaired) electrons. The van der Waals surface area contributed by atoms with Gasteiger partial charge in [-0.1, -0.05) is 0 Å². The molecule has 2 rings (SSSR count). The van der Waals surface area contributed by atoms with Crippen molar-refractivity contribution in [3.63, 3.8) is 0 Å². The highest BCUT2D eigenvalue weighted by Crippen LogP contribution is 2.35. The van der Waals surface area contributed by atoms with Crippen molar-refractivity contribution in [2.75, 3.05) is 33.0 Å². The molecule has 21 heavy (non-hydrogen) atoms. The molecule has 0 aromatic heterocycles. The SMILES string of the molecule is COC1CN(S(=O)(=O)c2c(Br)cc(N)cc2Br)CC1OC. The first kappa shape index (κ1) is 17.2. The topological polar surface area (TPSA) is 81.9 Å². The van der Waals surface area contributed by atoms with Crippen LogP contribution in [0.1, 0.15) is 0 Å². The monoisotopic (exact) mass is 442 g/mol. The van der Waals surface area contributed by atoms with Gasteiger partial charge >= 0.3 is 0 Å². The second kappa shape index (κ2) is 6.51. The van der Waals surface area contributed by atoms with Gasteiger partial charge in [-0.3, -0.25) is 0 Å². The van der Waals surface area contributed by atoms with E-state index in [1.807, 2.05) is 0 Å². The van der Waals surface area contributed by atoms with E-state index in [0.717, 1.165) is 0 Å². The maximum atomic E-state index is 12.8. The molecular formula is C12H16Br2N2O4S. The lowest BCUT2D eigenvalue weighted by molar-refractivity contribution is -0.00461. The molecule has 0 spiro atoms. The first-order valence-corrected chi connectivity index (χ1v) is 9.14. The van der Waals surface area contributed by atoms with E-state index >= 15 is 0 Å². The number of rotatable bonds is 4. The van der Waals surface area contributed by atoms with Gasteiger partial charge in [0.25, 0.3) is 0 Å². The summed E-state index contributed by atoms with van der Waals surface area (Å²) in [6.45, 7) is 0.501. The van der Waals surface area contributed by atoms with Crippen LogP contribution in [-0.4, -0.2) is 52.2 Å². The number of benzene rings is 1. The summed E-state index contributed by atoms with van der Waals surface area (Å²) >= 11 is 6.53. The molecule has 1 aliphatic rings. The third kappa shape index (κ3) is 3.27. The van der Waals surface area contributed by atoms with E-state index in [4.69, 9.17) is 15.2 Å². The van der Waals surface area contributed by atoms with Gasteiger partial charge < -0.3 is 15.2 Å². The fourth-order valence-electron chi connectivity index (χ4n) is 2.31. The van der Waals surface area contributed by atoms with E-state index < -0.39 is 10.0 Å². The van der Waals surface area contributed by atoms with E-state index in [1.54, 1.807) is 26.4 Å². The molecular weight excluding hydrogens is 428 g/mol. The van der Waals surface area contributed by atoms with Crippen LogP contribution in [0, 0.1) is 0 Å². The molecule has 1 fully saturated rings. The fourth-order valence-corrected chi connectivity index (χ4v) is 6.32. The second-order valence-electron chi connectivity index (χ2n) is 4.68. The molecule has 0 bridgehead atoms. The van der Waals surface area contributed by atoms with Gasteiger partial charge in [0.05, 0.1) is 12.2 Å². The van der Waals surface area contributed by atoms with Crippen molar-refractivity contribution in [1.82, 2.24) is 4.31 Å². The molecule has 6 nitrogen and oxygen atoms in total. The normalized spacial score (nSPS) is 23.6. The molecule has 0 saturated carbocycles. The van der Waals surface area contributed by atoms with E-state index in [-0.39, 0.29) is 30.2 Å². The van der Waals surface area contributed by atoms with E-state index in [9.17, 15) is 8.42 Å². The molecule has 1 aromatic rings. The van der Waals surface area contributed by atoms with Gasteiger partial charge in [-0.15, -0.1) is 0 Å². The Hall–Kier alpha value is -0.190. The van der Waals surface area contributed by atoms with Crippen molar-refractivity contribution in [2.45, 2.75) is 17.1 Å². The zero-order valence-electron chi connectivity index (χ0n) is 11.5. The molecule has 0 aliphatic carbocycles.